The van der Waals surface area contributed by atoms with Crippen LogP contribution in [0.15, 0.2) is 29.1 Å². The van der Waals surface area contributed by atoms with Crippen molar-refractivity contribution in [1.82, 2.24) is 19.9 Å². The van der Waals surface area contributed by atoms with Gasteiger partial charge in [0, 0.05) is 19.0 Å². The van der Waals surface area contributed by atoms with Crippen LogP contribution < -0.4 is 5.56 Å². The summed E-state index contributed by atoms with van der Waals surface area (Å²) in [6.45, 7) is 2.76. The number of hydrogen-bond donors (Lipinski definition) is 1. The van der Waals surface area contributed by atoms with Gasteiger partial charge in [0.1, 0.15) is 11.6 Å². The Hall–Kier alpha value is -2.28. The third-order valence-corrected chi connectivity index (χ3v) is 6.05. The Morgan fingerprint density at radius 1 is 1.31 bits per heavy atom. The first-order valence-electron chi connectivity index (χ1n) is 9.35. The molecule has 3 atom stereocenters. The molecule has 0 spiro atoms. The minimum atomic E-state index is -0.714. The van der Waals surface area contributed by atoms with Crippen LogP contribution >= 0.6 is 0 Å². The second kappa shape index (κ2) is 6.46. The normalized spacial score (nSPS) is 27.2. The minimum Gasteiger partial charge on any atom is -0.389 e. The van der Waals surface area contributed by atoms with Gasteiger partial charge in [-0.05, 0) is 38.3 Å². The molecule has 1 aromatic carbocycles. The van der Waals surface area contributed by atoms with Crippen molar-refractivity contribution in [2.75, 3.05) is 13.1 Å². The van der Waals surface area contributed by atoms with E-state index in [9.17, 15) is 14.7 Å². The van der Waals surface area contributed by atoms with E-state index in [0.717, 1.165) is 25.7 Å². The number of carbonyl (C=O) groups is 1. The van der Waals surface area contributed by atoms with Gasteiger partial charge in [0.15, 0.2) is 0 Å². The van der Waals surface area contributed by atoms with E-state index in [0.29, 0.717) is 30.4 Å². The van der Waals surface area contributed by atoms with Gasteiger partial charge in [0.25, 0.3) is 5.56 Å². The highest BCUT2D eigenvalue weighted by atomic mass is 16.3. The lowest BCUT2D eigenvalue weighted by Crippen LogP contribution is -2.55. The smallest absolute Gasteiger partial charge is 0.278 e. The van der Waals surface area contributed by atoms with Gasteiger partial charge < -0.3 is 10.0 Å². The Morgan fingerprint density at radius 2 is 2.12 bits per heavy atom. The van der Waals surface area contributed by atoms with E-state index in [-0.39, 0.29) is 17.4 Å². The Labute approximate surface area is 151 Å². The van der Waals surface area contributed by atoms with Crippen LogP contribution in [0, 0.1) is 5.92 Å². The number of piperidine rings is 1. The molecule has 2 fully saturated rings. The predicted molar refractivity (Wildman–Crippen MR) is 96.6 cm³/mol. The topological polar surface area (TPSA) is 88.3 Å². The van der Waals surface area contributed by atoms with Crippen LogP contribution in [0.25, 0.3) is 10.9 Å². The molecule has 26 heavy (non-hydrogen) atoms. The maximum Gasteiger partial charge on any atom is 0.278 e. The summed E-state index contributed by atoms with van der Waals surface area (Å²) in [5, 5.41) is 19.3. The second-order valence-electron chi connectivity index (χ2n) is 7.61. The number of carbonyl (C=O) groups excluding carboxylic acids is 1. The predicted octanol–water partition coefficient (Wildman–Crippen LogP) is 1.51. The Morgan fingerprint density at radius 3 is 2.96 bits per heavy atom. The largest absolute Gasteiger partial charge is 0.389 e. The monoisotopic (exact) mass is 356 g/mol. The number of amides is 1. The molecule has 0 radical (unpaired) electrons. The molecule has 7 nitrogen and oxygen atoms in total. The third-order valence-electron chi connectivity index (χ3n) is 6.05. The summed E-state index contributed by atoms with van der Waals surface area (Å²) in [6.07, 6.45) is 4.53. The summed E-state index contributed by atoms with van der Waals surface area (Å²) in [5.74, 6) is -0.00938. The van der Waals surface area contributed by atoms with Gasteiger partial charge in [-0.2, -0.15) is 4.68 Å². The zero-order valence-electron chi connectivity index (χ0n) is 15.0. The molecule has 1 saturated heterocycles. The summed E-state index contributed by atoms with van der Waals surface area (Å²) in [6, 6.07) is 6.29. The summed E-state index contributed by atoms with van der Waals surface area (Å²) >= 11 is 0. The first-order chi connectivity index (χ1) is 12.5. The number of fused-ring (bicyclic) bond motifs is 2. The molecule has 138 valence electrons. The summed E-state index contributed by atoms with van der Waals surface area (Å²) in [4.78, 5) is 27.4. The van der Waals surface area contributed by atoms with Gasteiger partial charge >= 0.3 is 0 Å². The second-order valence-corrected chi connectivity index (χ2v) is 7.61. The fourth-order valence-electron chi connectivity index (χ4n) is 4.40. The van der Waals surface area contributed by atoms with Crippen molar-refractivity contribution in [3.8, 4) is 0 Å². The van der Waals surface area contributed by atoms with Gasteiger partial charge in [-0.15, -0.1) is 5.10 Å². The Kier molecular flexibility index (Phi) is 4.26. The molecule has 1 N–H and O–H groups in total. The van der Waals surface area contributed by atoms with E-state index < -0.39 is 11.6 Å². The standard InChI is InChI=1S/C19H24N4O3/c1-13(23-18(25)15-7-2-3-8-16(15)20-21-23)17(24)22-11-10-19(26)9-5-4-6-14(19)12-22/h2-3,7-8,13-14,26H,4-6,9-12H2,1H3. The first kappa shape index (κ1) is 17.1. The van der Waals surface area contributed by atoms with Crippen LogP contribution in [0.3, 0.4) is 0 Å². The highest BCUT2D eigenvalue weighted by molar-refractivity contribution is 5.81. The Balaban J connectivity index is 1.57. The van der Waals surface area contributed by atoms with E-state index in [1.54, 1.807) is 36.1 Å². The van der Waals surface area contributed by atoms with Crippen molar-refractivity contribution in [1.29, 1.82) is 0 Å². The number of likely N-dealkylation sites (tertiary alicyclic amines) is 1. The highest BCUT2D eigenvalue weighted by Gasteiger charge is 2.44. The fourth-order valence-corrected chi connectivity index (χ4v) is 4.40. The molecule has 0 bridgehead atoms. The van der Waals surface area contributed by atoms with Crippen LogP contribution in [0.2, 0.25) is 0 Å². The average molecular weight is 356 g/mol. The number of aliphatic hydroxyl groups is 1. The summed E-state index contributed by atoms with van der Waals surface area (Å²) in [5.41, 5.74) is -0.404. The van der Waals surface area contributed by atoms with E-state index in [2.05, 4.69) is 10.3 Å². The SMILES string of the molecule is CC(C(=O)N1CCC2(O)CCCCC2C1)n1nnc2ccccc2c1=O. The average Bonchev–Trinajstić information content (AvgIpc) is 2.66. The number of nitrogens with zero attached hydrogens (tertiary/aromatic N) is 4. The zero-order chi connectivity index (χ0) is 18.3. The van der Waals surface area contributed by atoms with Crippen LogP contribution in [0.5, 0.6) is 0 Å². The maximum absolute atomic E-state index is 13.0. The van der Waals surface area contributed by atoms with Gasteiger partial charge in [-0.1, -0.05) is 30.2 Å². The van der Waals surface area contributed by atoms with Crippen molar-refractivity contribution in [3.63, 3.8) is 0 Å². The molecule has 1 aliphatic carbocycles. The number of rotatable bonds is 2. The quantitative estimate of drug-likeness (QED) is 0.881. The molecule has 1 saturated carbocycles. The van der Waals surface area contributed by atoms with E-state index >= 15 is 0 Å². The number of hydrogen-bond acceptors (Lipinski definition) is 5. The van der Waals surface area contributed by atoms with Crippen LogP contribution in [0.4, 0.5) is 0 Å². The third kappa shape index (κ3) is 2.80. The number of aromatic nitrogens is 3. The molecule has 2 aliphatic rings. The van der Waals surface area contributed by atoms with Gasteiger partial charge in [-0.3, -0.25) is 9.59 Å². The fraction of sp³-hybridized carbons (Fsp3) is 0.579. The minimum absolute atomic E-state index is 0.126. The molecule has 2 aromatic rings. The van der Waals surface area contributed by atoms with Crippen molar-refractivity contribution in [2.24, 2.45) is 5.92 Å². The molecular formula is C19H24N4O3. The van der Waals surface area contributed by atoms with E-state index in [1.807, 2.05) is 0 Å². The first-order valence-corrected chi connectivity index (χ1v) is 9.35. The molecule has 7 heteroatoms. The van der Waals surface area contributed by atoms with Crippen LogP contribution in [-0.4, -0.2) is 49.6 Å². The number of benzene rings is 1. The van der Waals surface area contributed by atoms with Gasteiger partial charge in [-0.25, -0.2) is 0 Å². The van der Waals surface area contributed by atoms with E-state index in [1.165, 1.54) is 4.68 Å². The Bertz CT molecular complexity index is 896. The molecule has 1 amide bonds. The van der Waals surface area contributed by atoms with Crippen molar-refractivity contribution in [2.45, 2.75) is 50.7 Å². The van der Waals surface area contributed by atoms with Crippen molar-refractivity contribution < 1.29 is 9.90 Å². The lowest BCUT2D eigenvalue weighted by Gasteiger charge is -2.47. The molecule has 3 unspecified atom stereocenters. The van der Waals surface area contributed by atoms with Crippen molar-refractivity contribution in [3.05, 3.63) is 34.6 Å². The van der Waals surface area contributed by atoms with Crippen LogP contribution in [0.1, 0.15) is 45.1 Å². The maximum atomic E-state index is 13.0. The van der Waals surface area contributed by atoms with E-state index in [4.69, 9.17) is 0 Å². The molecule has 2 heterocycles. The molecular weight excluding hydrogens is 332 g/mol. The van der Waals surface area contributed by atoms with Crippen molar-refractivity contribution >= 4 is 16.8 Å². The highest BCUT2D eigenvalue weighted by Crippen LogP contribution is 2.40. The summed E-state index contributed by atoms with van der Waals surface area (Å²) < 4.78 is 1.17. The van der Waals surface area contributed by atoms with Gasteiger partial charge in [0.05, 0.1) is 11.0 Å². The lowest BCUT2D eigenvalue weighted by atomic mass is 9.71. The lowest BCUT2D eigenvalue weighted by molar-refractivity contribution is -0.146. The van der Waals surface area contributed by atoms with Crippen LogP contribution in [-0.2, 0) is 4.79 Å². The molecule has 1 aromatic heterocycles. The molecule has 4 rings (SSSR count). The van der Waals surface area contributed by atoms with Gasteiger partial charge in [0.2, 0.25) is 5.91 Å². The summed E-state index contributed by atoms with van der Waals surface area (Å²) in [7, 11) is 0. The molecule has 1 aliphatic heterocycles. The zero-order valence-corrected chi connectivity index (χ0v) is 15.0.